The van der Waals surface area contributed by atoms with E-state index in [4.69, 9.17) is 16.3 Å². The van der Waals surface area contributed by atoms with Crippen LogP contribution in [0.5, 0.6) is 5.75 Å². The monoisotopic (exact) mass is 285 g/mol. The van der Waals surface area contributed by atoms with Crippen molar-refractivity contribution in [2.45, 2.75) is 13.5 Å². The van der Waals surface area contributed by atoms with Crippen molar-refractivity contribution in [3.8, 4) is 5.75 Å². The summed E-state index contributed by atoms with van der Waals surface area (Å²) in [5.74, 6) is 0.604. The molecular weight excluding hydrogens is 274 g/mol. The standard InChI is InChI=1S/C15H12ClN3O/c1-10-4-12-5-11(2-3-14(12)17-7-10)9-20-13-6-15(16)19-18-8-13/h2-8H,9H2,1H3. The molecule has 0 aliphatic heterocycles. The first-order valence-electron chi connectivity index (χ1n) is 6.17. The van der Waals surface area contributed by atoms with E-state index in [9.17, 15) is 0 Å². The van der Waals surface area contributed by atoms with Gasteiger partial charge < -0.3 is 4.74 Å². The number of hydrogen-bond donors (Lipinski definition) is 0. The molecule has 0 amide bonds. The molecule has 20 heavy (non-hydrogen) atoms. The number of ether oxygens (including phenoxy) is 1. The van der Waals surface area contributed by atoms with Gasteiger partial charge in [0.05, 0.1) is 11.7 Å². The Hall–Kier alpha value is -2.20. The van der Waals surface area contributed by atoms with E-state index >= 15 is 0 Å². The second kappa shape index (κ2) is 5.43. The molecule has 0 saturated carbocycles. The van der Waals surface area contributed by atoms with Gasteiger partial charge in [-0.3, -0.25) is 4.98 Å². The van der Waals surface area contributed by atoms with Gasteiger partial charge in [-0.25, -0.2) is 0 Å². The summed E-state index contributed by atoms with van der Waals surface area (Å²) >= 11 is 5.76. The normalized spacial score (nSPS) is 10.7. The Balaban J connectivity index is 1.80. The van der Waals surface area contributed by atoms with Crippen LogP contribution in [-0.4, -0.2) is 15.2 Å². The number of rotatable bonds is 3. The van der Waals surface area contributed by atoms with E-state index in [1.165, 1.54) is 0 Å². The Morgan fingerprint density at radius 3 is 2.90 bits per heavy atom. The Labute approximate surface area is 121 Å². The summed E-state index contributed by atoms with van der Waals surface area (Å²) in [6.07, 6.45) is 3.40. The quantitative estimate of drug-likeness (QED) is 0.738. The second-order valence-corrected chi connectivity index (χ2v) is 4.93. The smallest absolute Gasteiger partial charge is 0.155 e. The molecule has 1 aromatic carbocycles. The molecule has 2 aromatic heterocycles. The fourth-order valence-corrected chi connectivity index (χ4v) is 2.10. The van der Waals surface area contributed by atoms with Crippen LogP contribution >= 0.6 is 11.6 Å². The minimum atomic E-state index is 0.320. The van der Waals surface area contributed by atoms with Gasteiger partial charge in [0.15, 0.2) is 5.15 Å². The van der Waals surface area contributed by atoms with Crippen LogP contribution < -0.4 is 4.74 Å². The fraction of sp³-hybridized carbons (Fsp3) is 0.133. The zero-order chi connectivity index (χ0) is 13.9. The molecule has 0 radical (unpaired) electrons. The van der Waals surface area contributed by atoms with Gasteiger partial charge in [0.25, 0.3) is 0 Å². The highest BCUT2D eigenvalue weighted by molar-refractivity contribution is 6.29. The number of benzene rings is 1. The van der Waals surface area contributed by atoms with Gasteiger partial charge in [-0.1, -0.05) is 17.7 Å². The number of nitrogens with zero attached hydrogens (tertiary/aromatic N) is 3. The average molecular weight is 286 g/mol. The SMILES string of the molecule is Cc1cnc2ccc(COc3cnnc(Cl)c3)cc2c1. The molecule has 0 bridgehead atoms. The largest absolute Gasteiger partial charge is 0.487 e. The summed E-state index contributed by atoms with van der Waals surface area (Å²) in [6, 6.07) is 9.82. The number of aromatic nitrogens is 3. The minimum absolute atomic E-state index is 0.320. The molecule has 3 aromatic rings. The van der Waals surface area contributed by atoms with Gasteiger partial charge in [0.2, 0.25) is 0 Å². The van der Waals surface area contributed by atoms with Gasteiger partial charge in [-0.05, 0) is 36.2 Å². The Morgan fingerprint density at radius 1 is 1.15 bits per heavy atom. The van der Waals surface area contributed by atoms with E-state index in [1.54, 1.807) is 12.3 Å². The second-order valence-electron chi connectivity index (χ2n) is 4.54. The van der Waals surface area contributed by atoms with E-state index in [1.807, 2.05) is 25.3 Å². The molecule has 2 heterocycles. The predicted molar refractivity (Wildman–Crippen MR) is 77.9 cm³/mol. The predicted octanol–water partition coefficient (Wildman–Crippen LogP) is 3.57. The summed E-state index contributed by atoms with van der Waals surface area (Å²) in [5, 5.41) is 8.84. The summed E-state index contributed by atoms with van der Waals surface area (Å²) in [6.45, 7) is 2.48. The van der Waals surface area contributed by atoms with Gasteiger partial charge in [-0.15, -0.1) is 5.10 Å². The van der Waals surface area contributed by atoms with Crippen molar-refractivity contribution in [3.63, 3.8) is 0 Å². The summed E-state index contributed by atoms with van der Waals surface area (Å²) in [5.41, 5.74) is 3.19. The number of halogens is 1. The molecule has 0 atom stereocenters. The van der Waals surface area contributed by atoms with Crippen LogP contribution in [0, 0.1) is 6.92 Å². The highest BCUT2D eigenvalue weighted by Crippen LogP contribution is 2.18. The maximum atomic E-state index is 5.76. The van der Waals surface area contributed by atoms with Crippen LogP contribution in [-0.2, 0) is 6.61 Å². The molecule has 5 heteroatoms. The van der Waals surface area contributed by atoms with Crippen molar-refractivity contribution in [2.75, 3.05) is 0 Å². The van der Waals surface area contributed by atoms with E-state index in [2.05, 4.69) is 27.3 Å². The Kier molecular flexibility index (Phi) is 3.48. The molecule has 0 unspecified atom stereocenters. The third-order valence-corrected chi connectivity index (χ3v) is 3.07. The lowest BCUT2D eigenvalue weighted by molar-refractivity contribution is 0.304. The molecule has 0 fully saturated rings. The van der Waals surface area contributed by atoms with Crippen molar-refractivity contribution in [2.24, 2.45) is 0 Å². The van der Waals surface area contributed by atoms with Gasteiger partial charge in [0, 0.05) is 17.6 Å². The van der Waals surface area contributed by atoms with Crippen LogP contribution in [0.25, 0.3) is 10.9 Å². The summed E-state index contributed by atoms with van der Waals surface area (Å²) in [4.78, 5) is 4.38. The van der Waals surface area contributed by atoms with Crippen molar-refractivity contribution < 1.29 is 4.74 Å². The number of fused-ring (bicyclic) bond motifs is 1. The van der Waals surface area contributed by atoms with Gasteiger partial charge in [0.1, 0.15) is 12.4 Å². The van der Waals surface area contributed by atoms with E-state index < -0.39 is 0 Å². The molecule has 0 saturated heterocycles. The van der Waals surface area contributed by atoms with Crippen LogP contribution in [0.15, 0.2) is 42.7 Å². The lowest BCUT2D eigenvalue weighted by Crippen LogP contribution is -1.97. The zero-order valence-corrected chi connectivity index (χ0v) is 11.6. The number of aryl methyl sites for hydroxylation is 1. The number of hydrogen-bond acceptors (Lipinski definition) is 4. The van der Waals surface area contributed by atoms with Crippen LogP contribution in [0.4, 0.5) is 0 Å². The van der Waals surface area contributed by atoms with E-state index in [-0.39, 0.29) is 0 Å². The topological polar surface area (TPSA) is 47.9 Å². The first kappa shape index (κ1) is 12.8. The molecule has 0 aliphatic rings. The summed E-state index contributed by atoms with van der Waals surface area (Å²) < 4.78 is 5.64. The summed E-state index contributed by atoms with van der Waals surface area (Å²) in [7, 11) is 0. The minimum Gasteiger partial charge on any atom is -0.487 e. The lowest BCUT2D eigenvalue weighted by atomic mass is 10.1. The zero-order valence-electron chi connectivity index (χ0n) is 10.9. The van der Waals surface area contributed by atoms with Crippen LogP contribution in [0.1, 0.15) is 11.1 Å². The van der Waals surface area contributed by atoms with Crippen molar-refractivity contribution in [3.05, 3.63) is 59.0 Å². The molecular formula is C15H12ClN3O. The molecule has 3 rings (SSSR count). The van der Waals surface area contributed by atoms with Crippen LogP contribution in [0.3, 0.4) is 0 Å². The fourth-order valence-electron chi connectivity index (χ4n) is 1.95. The molecule has 0 spiro atoms. The highest BCUT2D eigenvalue weighted by atomic mass is 35.5. The Bertz CT molecular complexity index is 761. The molecule has 0 aliphatic carbocycles. The third kappa shape index (κ3) is 2.86. The maximum absolute atomic E-state index is 5.76. The van der Waals surface area contributed by atoms with Gasteiger partial charge in [-0.2, -0.15) is 5.10 Å². The maximum Gasteiger partial charge on any atom is 0.155 e. The lowest BCUT2D eigenvalue weighted by Gasteiger charge is -2.07. The van der Waals surface area contributed by atoms with E-state index in [0.717, 1.165) is 22.0 Å². The highest BCUT2D eigenvalue weighted by Gasteiger charge is 2.01. The van der Waals surface area contributed by atoms with Gasteiger partial charge >= 0.3 is 0 Å². The number of pyridine rings is 1. The van der Waals surface area contributed by atoms with Crippen molar-refractivity contribution in [1.29, 1.82) is 0 Å². The average Bonchev–Trinajstić information content (AvgIpc) is 2.45. The van der Waals surface area contributed by atoms with E-state index in [0.29, 0.717) is 17.5 Å². The van der Waals surface area contributed by atoms with Crippen LogP contribution in [0.2, 0.25) is 5.15 Å². The molecule has 100 valence electrons. The first-order chi connectivity index (χ1) is 9.70. The first-order valence-corrected chi connectivity index (χ1v) is 6.55. The Morgan fingerprint density at radius 2 is 2.05 bits per heavy atom. The van der Waals surface area contributed by atoms with Crippen molar-refractivity contribution >= 4 is 22.5 Å². The third-order valence-electron chi connectivity index (χ3n) is 2.89. The molecule has 4 nitrogen and oxygen atoms in total. The molecule has 0 N–H and O–H groups in total. The van der Waals surface area contributed by atoms with Crippen molar-refractivity contribution in [1.82, 2.24) is 15.2 Å².